The zero-order valence-electron chi connectivity index (χ0n) is 10.0. The van der Waals surface area contributed by atoms with Crippen LogP contribution in [0.3, 0.4) is 0 Å². The van der Waals surface area contributed by atoms with Crippen LogP contribution in [0.15, 0.2) is 35.7 Å². The number of H-pyrrole nitrogens is 1. The molecule has 0 bridgehead atoms. The van der Waals surface area contributed by atoms with Crippen LogP contribution in [-0.2, 0) is 0 Å². The lowest BCUT2D eigenvalue weighted by Crippen LogP contribution is -2.25. The second-order valence-corrected chi connectivity index (χ2v) is 5.52. The van der Waals surface area contributed by atoms with Crippen LogP contribution in [0.1, 0.15) is 24.2 Å². The van der Waals surface area contributed by atoms with Crippen molar-refractivity contribution >= 4 is 23.4 Å². The van der Waals surface area contributed by atoms with Gasteiger partial charge in [0.05, 0.1) is 5.25 Å². The summed E-state index contributed by atoms with van der Waals surface area (Å²) in [4.78, 5) is 4.13. The fourth-order valence-corrected chi connectivity index (χ4v) is 2.97. The average Bonchev–Trinajstić information content (AvgIpc) is 2.88. The Kier molecular flexibility index (Phi) is 4.63. The maximum atomic E-state index is 6.19. The molecule has 0 radical (unpaired) electrons. The first-order chi connectivity index (χ1) is 8.70. The molecular weight excluding hydrogens is 268 g/mol. The van der Waals surface area contributed by atoms with Gasteiger partial charge in [-0.3, -0.25) is 5.10 Å². The van der Waals surface area contributed by atoms with Crippen molar-refractivity contribution in [1.82, 2.24) is 15.2 Å². The Morgan fingerprint density at radius 1 is 1.50 bits per heavy atom. The Morgan fingerprint density at radius 3 is 2.94 bits per heavy atom. The number of benzene rings is 1. The SMILES string of the molecule is CCC(N)C(Sc1ncn[nH]1)c1cccc(Cl)c1. The van der Waals surface area contributed by atoms with Crippen molar-refractivity contribution in [2.45, 2.75) is 29.8 Å². The maximum absolute atomic E-state index is 6.19. The van der Waals surface area contributed by atoms with Crippen molar-refractivity contribution in [3.05, 3.63) is 41.2 Å². The molecule has 96 valence electrons. The Morgan fingerprint density at radius 2 is 2.33 bits per heavy atom. The predicted octanol–water partition coefficient (Wildman–Crippen LogP) is 3.03. The third-order valence-electron chi connectivity index (χ3n) is 2.67. The standard InChI is InChI=1S/C12H15ClN4S/c1-2-10(14)11(18-12-15-7-16-17-12)8-4-3-5-9(13)6-8/h3-7,10-11H,2,14H2,1H3,(H,15,16,17). The Balaban J connectivity index is 2.25. The number of nitrogens with one attached hydrogen (secondary N) is 1. The van der Waals surface area contributed by atoms with Gasteiger partial charge in [-0.15, -0.1) is 0 Å². The van der Waals surface area contributed by atoms with Gasteiger partial charge in [-0.1, -0.05) is 42.4 Å². The molecule has 0 aliphatic rings. The smallest absolute Gasteiger partial charge is 0.184 e. The van der Waals surface area contributed by atoms with Crippen LogP contribution < -0.4 is 5.73 Å². The Bertz CT molecular complexity index is 489. The number of hydrogen-bond acceptors (Lipinski definition) is 4. The van der Waals surface area contributed by atoms with E-state index in [2.05, 4.69) is 22.1 Å². The number of aromatic amines is 1. The molecule has 6 heteroatoms. The summed E-state index contributed by atoms with van der Waals surface area (Å²) in [6.45, 7) is 2.07. The van der Waals surface area contributed by atoms with E-state index in [0.29, 0.717) is 0 Å². The lowest BCUT2D eigenvalue weighted by atomic mass is 10.0. The van der Waals surface area contributed by atoms with Crippen molar-refractivity contribution < 1.29 is 0 Å². The number of aromatic nitrogens is 3. The highest BCUT2D eigenvalue weighted by Gasteiger charge is 2.21. The molecule has 1 heterocycles. The van der Waals surface area contributed by atoms with Gasteiger partial charge in [0, 0.05) is 11.1 Å². The Labute approximate surface area is 115 Å². The van der Waals surface area contributed by atoms with Gasteiger partial charge in [0.1, 0.15) is 6.33 Å². The number of rotatable bonds is 5. The number of hydrogen-bond donors (Lipinski definition) is 2. The third-order valence-corrected chi connectivity index (χ3v) is 4.20. The molecule has 0 amide bonds. The van der Waals surface area contributed by atoms with Crippen LogP contribution >= 0.6 is 23.4 Å². The van der Waals surface area contributed by atoms with E-state index in [0.717, 1.165) is 22.2 Å². The second-order valence-electron chi connectivity index (χ2n) is 3.96. The van der Waals surface area contributed by atoms with Gasteiger partial charge in [-0.2, -0.15) is 5.10 Å². The van der Waals surface area contributed by atoms with Gasteiger partial charge in [0.15, 0.2) is 5.16 Å². The summed E-state index contributed by atoms with van der Waals surface area (Å²) in [6, 6.07) is 7.83. The third kappa shape index (κ3) is 3.25. The van der Waals surface area contributed by atoms with E-state index >= 15 is 0 Å². The minimum Gasteiger partial charge on any atom is -0.326 e. The zero-order valence-corrected chi connectivity index (χ0v) is 11.6. The first kappa shape index (κ1) is 13.4. The quantitative estimate of drug-likeness (QED) is 0.827. The molecule has 0 aliphatic carbocycles. The number of halogens is 1. The summed E-state index contributed by atoms with van der Waals surface area (Å²) >= 11 is 7.61. The highest BCUT2D eigenvalue weighted by atomic mass is 35.5. The molecule has 1 aromatic carbocycles. The fraction of sp³-hybridized carbons (Fsp3) is 0.333. The molecule has 2 atom stereocenters. The van der Waals surface area contributed by atoms with Crippen molar-refractivity contribution in [1.29, 1.82) is 0 Å². The molecule has 0 fully saturated rings. The van der Waals surface area contributed by atoms with Gasteiger partial charge >= 0.3 is 0 Å². The highest BCUT2D eigenvalue weighted by molar-refractivity contribution is 7.99. The topological polar surface area (TPSA) is 67.6 Å². The first-order valence-electron chi connectivity index (χ1n) is 5.73. The molecule has 2 unspecified atom stereocenters. The van der Waals surface area contributed by atoms with Crippen molar-refractivity contribution in [3.63, 3.8) is 0 Å². The van der Waals surface area contributed by atoms with Crippen LogP contribution in [0, 0.1) is 0 Å². The largest absolute Gasteiger partial charge is 0.326 e. The Hall–Kier alpha value is -1.04. The molecule has 2 aromatic rings. The van der Waals surface area contributed by atoms with E-state index < -0.39 is 0 Å². The number of nitrogens with zero attached hydrogens (tertiary/aromatic N) is 2. The minimum atomic E-state index is 0.0403. The van der Waals surface area contributed by atoms with Crippen molar-refractivity contribution in [2.24, 2.45) is 5.73 Å². The van der Waals surface area contributed by atoms with E-state index in [-0.39, 0.29) is 11.3 Å². The van der Waals surface area contributed by atoms with Crippen LogP contribution in [0.5, 0.6) is 0 Å². The van der Waals surface area contributed by atoms with E-state index in [1.165, 1.54) is 6.33 Å². The van der Waals surface area contributed by atoms with Crippen LogP contribution in [0.25, 0.3) is 0 Å². The van der Waals surface area contributed by atoms with Gasteiger partial charge in [0.25, 0.3) is 0 Å². The normalized spacial score (nSPS) is 14.4. The van der Waals surface area contributed by atoms with Crippen LogP contribution in [0.2, 0.25) is 5.02 Å². The molecule has 2 rings (SSSR count). The predicted molar refractivity (Wildman–Crippen MR) is 74.7 cm³/mol. The number of thioether (sulfide) groups is 1. The molecule has 18 heavy (non-hydrogen) atoms. The van der Waals surface area contributed by atoms with Crippen LogP contribution in [0.4, 0.5) is 0 Å². The van der Waals surface area contributed by atoms with E-state index in [4.69, 9.17) is 17.3 Å². The molecule has 1 aromatic heterocycles. The zero-order chi connectivity index (χ0) is 13.0. The second kappa shape index (κ2) is 6.22. The molecule has 0 saturated carbocycles. The molecule has 0 spiro atoms. The van der Waals surface area contributed by atoms with Crippen LogP contribution in [-0.4, -0.2) is 21.2 Å². The molecule has 4 nitrogen and oxygen atoms in total. The molecule has 0 saturated heterocycles. The summed E-state index contributed by atoms with van der Waals surface area (Å²) in [5.74, 6) is 0. The van der Waals surface area contributed by atoms with E-state index in [9.17, 15) is 0 Å². The summed E-state index contributed by atoms with van der Waals surface area (Å²) in [5, 5.41) is 8.29. The highest BCUT2D eigenvalue weighted by Crippen LogP contribution is 2.36. The van der Waals surface area contributed by atoms with Gasteiger partial charge in [-0.05, 0) is 24.1 Å². The lowest BCUT2D eigenvalue weighted by molar-refractivity contribution is 0.632. The van der Waals surface area contributed by atoms with Gasteiger partial charge < -0.3 is 5.73 Å². The van der Waals surface area contributed by atoms with Crippen molar-refractivity contribution in [2.75, 3.05) is 0 Å². The molecule has 0 aliphatic heterocycles. The molecular formula is C12H15ClN4S. The van der Waals surface area contributed by atoms with Gasteiger partial charge in [0.2, 0.25) is 0 Å². The summed E-state index contributed by atoms with van der Waals surface area (Å²) < 4.78 is 0. The number of nitrogens with two attached hydrogens (primary N) is 1. The van der Waals surface area contributed by atoms with E-state index in [1.54, 1.807) is 11.8 Å². The summed E-state index contributed by atoms with van der Waals surface area (Å²) in [6.07, 6.45) is 2.38. The van der Waals surface area contributed by atoms with E-state index in [1.807, 2.05) is 24.3 Å². The summed E-state index contributed by atoms with van der Waals surface area (Å²) in [7, 11) is 0. The first-order valence-corrected chi connectivity index (χ1v) is 6.99. The van der Waals surface area contributed by atoms with Crippen molar-refractivity contribution in [3.8, 4) is 0 Å². The fourth-order valence-electron chi connectivity index (χ4n) is 1.67. The minimum absolute atomic E-state index is 0.0403. The lowest BCUT2D eigenvalue weighted by Gasteiger charge is -2.21. The maximum Gasteiger partial charge on any atom is 0.184 e. The molecule has 3 N–H and O–H groups in total. The average molecular weight is 283 g/mol. The van der Waals surface area contributed by atoms with Gasteiger partial charge in [-0.25, -0.2) is 4.98 Å². The summed E-state index contributed by atoms with van der Waals surface area (Å²) in [5.41, 5.74) is 7.30. The monoisotopic (exact) mass is 282 g/mol.